The molecule has 6 heteroatoms. The minimum atomic E-state index is -1.59. The van der Waals surface area contributed by atoms with E-state index < -0.39 is 17.4 Å². The van der Waals surface area contributed by atoms with Crippen molar-refractivity contribution in [2.24, 2.45) is 0 Å². The topological polar surface area (TPSA) is 82.2 Å². The zero-order valence-electron chi connectivity index (χ0n) is 16.6. The van der Waals surface area contributed by atoms with Crippen LogP contribution in [0.2, 0.25) is 5.02 Å². The number of hydrogen-bond acceptors (Lipinski definition) is 2. The third kappa shape index (κ3) is 4.32. The van der Waals surface area contributed by atoms with Gasteiger partial charge in [0.2, 0.25) is 0 Å². The fourth-order valence-corrected chi connectivity index (χ4v) is 4.01. The second kappa shape index (κ2) is 8.66. The lowest BCUT2D eigenvalue weighted by Gasteiger charge is -2.31. The third-order valence-corrected chi connectivity index (χ3v) is 5.78. The Hall–Kier alpha value is -3.57. The number of fused-ring (bicyclic) bond motifs is 1. The van der Waals surface area contributed by atoms with Gasteiger partial charge in [-0.05, 0) is 35.4 Å². The number of aliphatic carboxylic acids is 1. The molecule has 3 aromatic carbocycles. The molecule has 0 saturated heterocycles. The van der Waals surface area contributed by atoms with Gasteiger partial charge in [-0.25, -0.2) is 4.79 Å². The van der Waals surface area contributed by atoms with Crippen LogP contribution in [0, 0.1) is 0 Å². The second-order valence-corrected chi connectivity index (χ2v) is 7.92. The van der Waals surface area contributed by atoms with Gasteiger partial charge >= 0.3 is 5.97 Å². The number of carboxylic acid groups (broad SMARTS) is 1. The van der Waals surface area contributed by atoms with E-state index in [0.717, 1.165) is 16.5 Å². The Bertz CT molecular complexity index is 1240. The molecule has 3 N–H and O–H groups in total. The van der Waals surface area contributed by atoms with Crippen LogP contribution < -0.4 is 5.32 Å². The summed E-state index contributed by atoms with van der Waals surface area (Å²) < 4.78 is 0. The van der Waals surface area contributed by atoms with Crippen LogP contribution in [-0.2, 0) is 17.6 Å². The molecule has 1 atom stereocenters. The van der Waals surface area contributed by atoms with E-state index in [1.54, 1.807) is 60.8 Å². The summed E-state index contributed by atoms with van der Waals surface area (Å²) in [6.45, 7) is 0. The number of hydrogen-bond donors (Lipinski definition) is 3. The molecule has 4 rings (SSSR count). The fraction of sp³-hybridized carbons (Fsp3) is 0.120. The maximum absolute atomic E-state index is 13.0. The summed E-state index contributed by atoms with van der Waals surface area (Å²) in [5, 5.41) is 14.6. The molecule has 5 nitrogen and oxygen atoms in total. The Balaban J connectivity index is 1.78. The van der Waals surface area contributed by atoms with Crippen molar-refractivity contribution in [3.8, 4) is 0 Å². The van der Waals surface area contributed by atoms with Gasteiger partial charge in [-0.2, -0.15) is 0 Å². The van der Waals surface area contributed by atoms with E-state index in [-0.39, 0.29) is 12.8 Å². The molecule has 0 aliphatic rings. The normalized spacial score (nSPS) is 12.9. The number of aromatic amines is 1. The first-order valence-electron chi connectivity index (χ1n) is 9.88. The van der Waals surface area contributed by atoms with Crippen molar-refractivity contribution in [1.82, 2.24) is 10.3 Å². The smallest absolute Gasteiger partial charge is 0.330 e. The highest BCUT2D eigenvalue weighted by Gasteiger charge is 2.41. The molecule has 1 heterocycles. The summed E-state index contributed by atoms with van der Waals surface area (Å²) >= 11 is 6.35. The number of benzene rings is 3. The first-order valence-corrected chi connectivity index (χ1v) is 10.3. The van der Waals surface area contributed by atoms with E-state index in [9.17, 15) is 14.7 Å². The zero-order valence-corrected chi connectivity index (χ0v) is 17.4. The number of halogens is 1. The fourth-order valence-electron chi connectivity index (χ4n) is 3.80. The monoisotopic (exact) mass is 432 g/mol. The Morgan fingerprint density at radius 1 is 0.871 bits per heavy atom. The lowest BCUT2D eigenvalue weighted by atomic mass is 9.84. The van der Waals surface area contributed by atoms with Gasteiger partial charge < -0.3 is 15.4 Å². The quantitative estimate of drug-likeness (QED) is 0.390. The average Bonchev–Trinajstić information content (AvgIpc) is 3.18. The molecule has 0 aliphatic carbocycles. The molecule has 0 spiro atoms. The zero-order chi connectivity index (χ0) is 21.8. The second-order valence-electron chi connectivity index (χ2n) is 7.51. The summed E-state index contributed by atoms with van der Waals surface area (Å²) in [7, 11) is 0. The van der Waals surface area contributed by atoms with Gasteiger partial charge in [0.1, 0.15) is 5.54 Å². The maximum Gasteiger partial charge on any atom is 0.330 e. The number of carbonyl (C=O) groups excluding carboxylic acids is 1. The molecular formula is C25H21ClN2O3. The maximum atomic E-state index is 13.0. The number of nitrogens with one attached hydrogen (secondary N) is 2. The van der Waals surface area contributed by atoms with Crippen molar-refractivity contribution in [3.63, 3.8) is 0 Å². The van der Waals surface area contributed by atoms with Crippen LogP contribution in [0.15, 0.2) is 85.1 Å². The predicted octanol–water partition coefficient (Wildman–Crippen LogP) is 4.86. The highest BCUT2D eigenvalue weighted by atomic mass is 35.5. The summed E-state index contributed by atoms with van der Waals surface area (Å²) in [5.74, 6) is -1.57. The molecule has 1 aromatic heterocycles. The molecule has 0 fully saturated rings. The Morgan fingerprint density at radius 2 is 1.52 bits per heavy atom. The Kier molecular flexibility index (Phi) is 5.78. The molecule has 0 radical (unpaired) electrons. The number of para-hydroxylation sites is 1. The van der Waals surface area contributed by atoms with E-state index in [0.29, 0.717) is 16.1 Å². The molecule has 31 heavy (non-hydrogen) atoms. The van der Waals surface area contributed by atoms with E-state index in [2.05, 4.69) is 10.3 Å². The van der Waals surface area contributed by atoms with Crippen LogP contribution in [0.25, 0.3) is 10.9 Å². The van der Waals surface area contributed by atoms with Crippen LogP contribution in [0.5, 0.6) is 0 Å². The summed E-state index contributed by atoms with van der Waals surface area (Å²) in [6.07, 6.45) is 1.93. The minimum absolute atomic E-state index is 0.0418. The lowest BCUT2D eigenvalue weighted by molar-refractivity contribution is -0.144. The largest absolute Gasteiger partial charge is 0.479 e. The van der Waals surface area contributed by atoms with Crippen molar-refractivity contribution >= 4 is 34.4 Å². The van der Waals surface area contributed by atoms with Crippen LogP contribution >= 0.6 is 11.6 Å². The summed E-state index contributed by atoms with van der Waals surface area (Å²) in [6, 6.07) is 23.4. The van der Waals surface area contributed by atoms with E-state index in [1.807, 2.05) is 24.3 Å². The number of carbonyl (C=O) groups is 2. The highest BCUT2D eigenvalue weighted by Crippen LogP contribution is 2.28. The average molecular weight is 433 g/mol. The standard InChI is InChI=1S/C25H21ClN2O3/c26-21-12-6-4-10-18(21)14-25(24(30)31,28-23(29)17-8-2-1-3-9-17)15-19-16-27-22-13-7-5-11-20(19)22/h1-13,16,27H,14-15H2,(H,28,29)(H,30,31). The van der Waals surface area contributed by atoms with Gasteiger partial charge in [0.05, 0.1) is 0 Å². The lowest BCUT2D eigenvalue weighted by Crippen LogP contribution is -2.57. The van der Waals surface area contributed by atoms with Crippen LogP contribution in [0.4, 0.5) is 0 Å². The first-order chi connectivity index (χ1) is 15.0. The molecule has 156 valence electrons. The Morgan fingerprint density at radius 3 is 2.26 bits per heavy atom. The molecule has 1 amide bonds. The van der Waals surface area contributed by atoms with Gasteiger partial charge in [0.25, 0.3) is 5.91 Å². The van der Waals surface area contributed by atoms with E-state index in [1.165, 1.54) is 0 Å². The van der Waals surface area contributed by atoms with Crippen molar-refractivity contribution in [2.75, 3.05) is 0 Å². The SMILES string of the molecule is O=C(NC(Cc1ccccc1Cl)(Cc1c[nH]c2ccccc12)C(=O)O)c1ccccc1. The number of aromatic nitrogens is 1. The van der Waals surface area contributed by atoms with Crippen molar-refractivity contribution in [3.05, 3.63) is 107 Å². The molecule has 0 bridgehead atoms. The number of carboxylic acids is 1. The number of rotatable bonds is 7. The minimum Gasteiger partial charge on any atom is -0.479 e. The van der Waals surface area contributed by atoms with Crippen LogP contribution in [-0.4, -0.2) is 27.5 Å². The van der Waals surface area contributed by atoms with Gasteiger partial charge in [-0.1, -0.05) is 66.2 Å². The molecular weight excluding hydrogens is 412 g/mol. The molecule has 0 aliphatic heterocycles. The number of amides is 1. The van der Waals surface area contributed by atoms with Crippen LogP contribution in [0.3, 0.4) is 0 Å². The van der Waals surface area contributed by atoms with Crippen LogP contribution in [0.1, 0.15) is 21.5 Å². The van der Waals surface area contributed by atoms with Gasteiger partial charge in [-0.3, -0.25) is 4.79 Å². The van der Waals surface area contributed by atoms with Gasteiger partial charge in [0.15, 0.2) is 0 Å². The van der Waals surface area contributed by atoms with E-state index in [4.69, 9.17) is 11.6 Å². The third-order valence-electron chi connectivity index (χ3n) is 5.42. The van der Waals surface area contributed by atoms with Crippen molar-refractivity contribution < 1.29 is 14.7 Å². The predicted molar refractivity (Wildman–Crippen MR) is 121 cm³/mol. The highest BCUT2D eigenvalue weighted by molar-refractivity contribution is 6.31. The Labute approximate surface area is 184 Å². The van der Waals surface area contributed by atoms with E-state index >= 15 is 0 Å². The summed E-state index contributed by atoms with van der Waals surface area (Å²) in [4.78, 5) is 28.9. The summed E-state index contributed by atoms with van der Waals surface area (Å²) in [5.41, 5.74) is 1.16. The van der Waals surface area contributed by atoms with Crippen molar-refractivity contribution in [1.29, 1.82) is 0 Å². The number of H-pyrrole nitrogens is 1. The molecule has 0 saturated carbocycles. The van der Waals surface area contributed by atoms with Gasteiger partial charge in [0, 0.05) is 40.5 Å². The van der Waals surface area contributed by atoms with Crippen molar-refractivity contribution in [2.45, 2.75) is 18.4 Å². The molecule has 1 unspecified atom stereocenters. The van der Waals surface area contributed by atoms with Gasteiger partial charge in [-0.15, -0.1) is 0 Å². The first kappa shape index (κ1) is 20.7. The molecule has 4 aromatic rings.